The Bertz CT molecular complexity index is 632. The van der Waals surface area contributed by atoms with Gasteiger partial charge < -0.3 is 4.90 Å². The molecule has 19 heavy (non-hydrogen) atoms. The topological polar surface area (TPSA) is 99.0 Å². The summed E-state index contributed by atoms with van der Waals surface area (Å²) in [4.78, 5) is 38.4. The summed E-state index contributed by atoms with van der Waals surface area (Å²) in [7, 11) is 0. The fourth-order valence-corrected chi connectivity index (χ4v) is 2.10. The highest BCUT2D eigenvalue weighted by molar-refractivity contribution is 5.76. The summed E-state index contributed by atoms with van der Waals surface area (Å²) in [5, 5.41) is 8.72. The van der Waals surface area contributed by atoms with E-state index < -0.39 is 11.2 Å². The Morgan fingerprint density at radius 1 is 1.37 bits per heavy atom. The second-order valence-electron chi connectivity index (χ2n) is 4.45. The van der Waals surface area contributed by atoms with Crippen molar-refractivity contribution in [1.82, 2.24) is 14.5 Å². The molecular weight excluding hydrogens is 248 g/mol. The number of carbonyl (C=O) groups excluding carboxylic acids is 1. The second kappa shape index (κ2) is 5.52. The molecule has 2 rings (SSSR count). The van der Waals surface area contributed by atoms with Crippen LogP contribution >= 0.6 is 0 Å². The van der Waals surface area contributed by atoms with Crippen molar-refractivity contribution in [1.29, 1.82) is 5.26 Å². The zero-order valence-corrected chi connectivity index (χ0v) is 10.4. The Morgan fingerprint density at radius 2 is 2.05 bits per heavy atom. The van der Waals surface area contributed by atoms with Crippen molar-refractivity contribution in [3.05, 3.63) is 32.6 Å². The van der Waals surface area contributed by atoms with Crippen LogP contribution in [0.25, 0.3) is 0 Å². The molecule has 7 nitrogen and oxygen atoms in total. The summed E-state index contributed by atoms with van der Waals surface area (Å²) in [6, 6.07) is 1.71. The van der Waals surface area contributed by atoms with Crippen LogP contribution in [0.15, 0.2) is 15.8 Å². The Balaban J connectivity index is 2.07. The predicted molar refractivity (Wildman–Crippen MR) is 66.5 cm³/mol. The molecular formula is C12H14N4O3. The van der Waals surface area contributed by atoms with Crippen LogP contribution in [0, 0.1) is 11.3 Å². The lowest BCUT2D eigenvalue weighted by Gasteiger charge is -2.15. The molecule has 2 heterocycles. The first-order valence-electron chi connectivity index (χ1n) is 6.13. The van der Waals surface area contributed by atoms with E-state index >= 15 is 0 Å². The van der Waals surface area contributed by atoms with Crippen molar-refractivity contribution in [2.24, 2.45) is 0 Å². The number of nitrogens with zero attached hydrogens (tertiary/aromatic N) is 3. The fourth-order valence-electron chi connectivity index (χ4n) is 2.10. The average molecular weight is 262 g/mol. The third-order valence-corrected chi connectivity index (χ3v) is 3.16. The third kappa shape index (κ3) is 2.91. The van der Waals surface area contributed by atoms with Crippen LogP contribution in [0.4, 0.5) is 0 Å². The maximum atomic E-state index is 11.8. The lowest BCUT2D eigenvalue weighted by Crippen LogP contribution is -2.33. The molecule has 1 fully saturated rings. The molecule has 0 aromatic carbocycles. The van der Waals surface area contributed by atoms with Gasteiger partial charge in [-0.05, 0) is 12.8 Å². The highest BCUT2D eigenvalue weighted by Gasteiger charge is 2.17. The van der Waals surface area contributed by atoms with Gasteiger partial charge in [-0.3, -0.25) is 19.1 Å². The Hall–Kier alpha value is -2.36. The quantitative estimate of drug-likeness (QED) is 0.787. The molecule has 1 amide bonds. The molecule has 0 atom stereocenters. The lowest BCUT2D eigenvalue weighted by molar-refractivity contribution is -0.130. The predicted octanol–water partition coefficient (Wildman–Crippen LogP) is -0.579. The zero-order valence-electron chi connectivity index (χ0n) is 10.4. The van der Waals surface area contributed by atoms with E-state index in [2.05, 4.69) is 4.98 Å². The van der Waals surface area contributed by atoms with Gasteiger partial charge in [-0.2, -0.15) is 5.26 Å². The largest absolute Gasteiger partial charge is 0.343 e. The molecule has 100 valence electrons. The van der Waals surface area contributed by atoms with E-state index in [-0.39, 0.29) is 24.4 Å². The fraction of sp³-hybridized carbons (Fsp3) is 0.500. The summed E-state index contributed by atoms with van der Waals surface area (Å²) in [6.07, 6.45) is 3.42. The molecule has 1 saturated heterocycles. The first kappa shape index (κ1) is 13.1. The molecule has 0 spiro atoms. The zero-order chi connectivity index (χ0) is 13.8. The smallest absolute Gasteiger partial charge is 0.328 e. The van der Waals surface area contributed by atoms with E-state index in [0.29, 0.717) is 0 Å². The summed E-state index contributed by atoms with van der Waals surface area (Å²) < 4.78 is 1.19. The van der Waals surface area contributed by atoms with Crippen LogP contribution in [0.5, 0.6) is 0 Å². The van der Waals surface area contributed by atoms with Gasteiger partial charge in [-0.1, -0.05) is 0 Å². The van der Waals surface area contributed by atoms with Gasteiger partial charge in [0, 0.05) is 32.3 Å². The Kier molecular flexibility index (Phi) is 3.80. The van der Waals surface area contributed by atoms with Gasteiger partial charge in [0.2, 0.25) is 5.91 Å². The van der Waals surface area contributed by atoms with E-state index in [9.17, 15) is 14.4 Å². The second-order valence-corrected chi connectivity index (χ2v) is 4.45. The number of rotatable bonds is 3. The molecule has 1 aliphatic heterocycles. The summed E-state index contributed by atoms with van der Waals surface area (Å²) in [5.74, 6) is -0.00546. The van der Waals surface area contributed by atoms with Gasteiger partial charge >= 0.3 is 5.69 Å². The minimum absolute atomic E-state index is 0.00546. The summed E-state index contributed by atoms with van der Waals surface area (Å²) >= 11 is 0. The van der Waals surface area contributed by atoms with Crippen LogP contribution in [0.1, 0.15) is 24.8 Å². The van der Waals surface area contributed by atoms with Crippen molar-refractivity contribution in [2.75, 3.05) is 13.1 Å². The lowest BCUT2D eigenvalue weighted by atomic mass is 10.3. The van der Waals surface area contributed by atoms with Crippen molar-refractivity contribution < 1.29 is 4.79 Å². The first-order chi connectivity index (χ1) is 9.11. The molecule has 0 bridgehead atoms. The number of aromatic nitrogens is 2. The average Bonchev–Trinajstić information content (AvgIpc) is 2.91. The highest BCUT2D eigenvalue weighted by Crippen LogP contribution is 2.09. The van der Waals surface area contributed by atoms with Crippen LogP contribution < -0.4 is 11.2 Å². The molecule has 1 N–H and O–H groups in total. The van der Waals surface area contributed by atoms with Crippen LogP contribution in [-0.2, 0) is 11.3 Å². The number of hydrogen-bond acceptors (Lipinski definition) is 4. The van der Waals surface area contributed by atoms with E-state index in [4.69, 9.17) is 5.26 Å². The van der Waals surface area contributed by atoms with Crippen molar-refractivity contribution in [2.45, 2.75) is 25.8 Å². The monoisotopic (exact) mass is 262 g/mol. The summed E-state index contributed by atoms with van der Waals surface area (Å²) in [5.41, 5.74) is -1.43. The van der Waals surface area contributed by atoms with Crippen molar-refractivity contribution in [3.63, 3.8) is 0 Å². The van der Waals surface area contributed by atoms with Crippen LogP contribution in [0.3, 0.4) is 0 Å². The number of aryl methyl sites for hydroxylation is 1. The number of H-pyrrole nitrogens is 1. The van der Waals surface area contributed by atoms with Gasteiger partial charge in [-0.15, -0.1) is 0 Å². The van der Waals surface area contributed by atoms with Gasteiger partial charge in [0.1, 0.15) is 11.6 Å². The number of nitriles is 1. The molecule has 1 aromatic heterocycles. The first-order valence-corrected chi connectivity index (χ1v) is 6.13. The van der Waals surface area contributed by atoms with E-state index in [1.807, 2.05) is 0 Å². The number of carbonyl (C=O) groups is 1. The van der Waals surface area contributed by atoms with Gasteiger partial charge in [0.15, 0.2) is 0 Å². The number of amides is 1. The molecule has 0 saturated carbocycles. The molecule has 1 aliphatic rings. The van der Waals surface area contributed by atoms with E-state index in [1.165, 1.54) is 10.8 Å². The molecule has 0 aliphatic carbocycles. The van der Waals surface area contributed by atoms with Crippen molar-refractivity contribution >= 4 is 5.91 Å². The van der Waals surface area contributed by atoms with Crippen molar-refractivity contribution in [3.8, 4) is 6.07 Å². The standard InChI is InChI=1S/C12H14N4O3/c13-7-9-8-16(12(19)14-11(9)18)6-3-10(17)15-4-1-2-5-15/h8H,1-6H2,(H,14,18,19). The Labute approximate surface area is 109 Å². The third-order valence-electron chi connectivity index (χ3n) is 3.16. The number of nitrogens with one attached hydrogen (secondary N) is 1. The minimum Gasteiger partial charge on any atom is -0.343 e. The summed E-state index contributed by atoms with van der Waals surface area (Å²) in [6.45, 7) is 1.70. The van der Waals surface area contributed by atoms with Crippen LogP contribution in [0.2, 0.25) is 0 Å². The molecule has 0 radical (unpaired) electrons. The van der Waals surface area contributed by atoms with E-state index in [1.54, 1.807) is 11.0 Å². The Morgan fingerprint density at radius 3 is 2.68 bits per heavy atom. The molecule has 1 aromatic rings. The highest BCUT2D eigenvalue weighted by atomic mass is 16.2. The van der Waals surface area contributed by atoms with E-state index in [0.717, 1.165) is 25.9 Å². The molecule has 0 unspecified atom stereocenters. The molecule has 7 heteroatoms. The maximum Gasteiger partial charge on any atom is 0.328 e. The number of hydrogen-bond donors (Lipinski definition) is 1. The SMILES string of the molecule is N#Cc1cn(CCC(=O)N2CCCC2)c(=O)[nH]c1=O. The van der Waals surface area contributed by atoms with Crippen LogP contribution in [-0.4, -0.2) is 33.4 Å². The number of aromatic amines is 1. The maximum absolute atomic E-state index is 11.8. The normalized spacial score (nSPS) is 14.4. The number of likely N-dealkylation sites (tertiary alicyclic amines) is 1. The van der Waals surface area contributed by atoms with Gasteiger partial charge in [-0.25, -0.2) is 4.79 Å². The van der Waals surface area contributed by atoms with Gasteiger partial charge in [0.25, 0.3) is 5.56 Å². The van der Waals surface area contributed by atoms with Gasteiger partial charge in [0.05, 0.1) is 0 Å². The minimum atomic E-state index is -0.699.